The quantitative estimate of drug-likeness (QED) is 0.198. The van der Waals surface area contributed by atoms with Crippen LogP contribution >= 0.6 is 46.7 Å². The molecule has 14 heteroatoms. The van der Waals surface area contributed by atoms with Gasteiger partial charge in [-0.25, -0.2) is 4.79 Å². The number of pyridine rings is 1. The fourth-order valence-corrected chi connectivity index (χ4v) is 6.52. The van der Waals surface area contributed by atoms with Crippen LogP contribution in [0.4, 0.5) is 5.69 Å². The Hall–Kier alpha value is -2.77. The average Bonchev–Trinajstić information content (AvgIpc) is 2.87. The number of β-lactam (4-membered cyclic amide) rings is 1. The largest absolute Gasteiger partial charge is 0.477 e. The summed E-state index contributed by atoms with van der Waals surface area (Å²) in [6.45, 7) is 0.0363. The molecule has 0 spiro atoms. The number of nitrogens with one attached hydrogen (secondary N) is 2. The maximum atomic E-state index is 12.9. The smallest absolute Gasteiger partial charge is 0.352 e. The van der Waals surface area contributed by atoms with Gasteiger partial charge in [-0.1, -0.05) is 23.2 Å². The first-order valence-electron chi connectivity index (χ1n) is 10.9. The highest BCUT2D eigenvalue weighted by atomic mass is 35.5. The van der Waals surface area contributed by atoms with Gasteiger partial charge in [-0.2, -0.15) is 4.57 Å². The second-order valence-corrected chi connectivity index (χ2v) is 11.1. The van der Waals surface area contributed by atoms with Crippen LogP contribution in [0.1, 0.15) is 0 Å². The third kappa shape index (κ3) is 6.21. The third-order valence-electron chi connectivity index (χ3n) is 5.52. The van der Waals surface area contributed by atoms with Crippen molar-refractivity contribution in [2.24, 2.45) is 5.73 Å². The molecular weight excluding hydrogens is 561 g/mol. The summed E-state index contributed by atoms with van der Waals surface area (Å²) in [6, 6.07) is 7.50. The molecule has 4 rings (SSSR count). The van der Waals surface area contributed by atoms with Crippen LogP contribution in [0.3, 0.4) is 0 Å². The summed E-state index contributed by atoms with van der Waals surface area (Å²) < 4.78 is 1.72. The van der Waals surface area contributed by atoms with Crippen molar-refractivity contribution < 1.29 is 28.9 Å². The van der Waals surface area contributed by atoms with Gasteiger partial charge in [-0.3, -0.25) is 19.3 Å². The van der Waals surface area contributed by atoms with Crippen molar-refractivity contribution in [1.29, 1.82) is 0 Å². The number of carbonyl (C=O) groups is 4. The maximum Gasteiger partial charge on any atom is 0.352 e. The average molecular weight is 583 g/mol. The Kier molecular flexibility index (Phi) is 8.65. The number of hydrogen-bond donors (Lipinski definition) is 4. The molecule has 0 bridgehead atoms. The number of carbonyl (C=O) groups excluding carboxylic acids is 3. The van der Waals surface area contributed by atoms with Crippen LogP contribution in [0.2, 0.25) is 10.0 Å². The zero-order chi connectivity index (χ0) is 26.7. The van der Waals surface area contributed by atoms with E-state index in [-0.39, 0.29) is 36.4 Å². The number of carboxylic acid groups (broad SMARTS) is 1. The van der Waals surface area contributed by atoms with Gasteiger partial charge in [0.15, 0.2) is 18.9 Å². The number of halogens is 2. The van der Waals surface area contributed by atoms with Crippen LogP contribution < -0.4 is 20.9 Å². The molecule has 3 heterocycles. The fraction of sp³-hybridized carbons (Fsp3) is 0.261. The number of amides is 3. The molecule has 2 atom stereocenters. The first-order chi connectivity index (χ1) is 17.7. The number of nitrogens with two attached hydrogens (primary N) is 1. The second kappa shape index (κ2) is 11.7. The predicted molar refractivity (Wildman–Crippen MR) is 141 cm³/mol. The van der Waals surface area contributed by atoms with E-state index in [0.29, 0.717) is 32.0 Å². The highest BCUT2D eigenvalue weighted by Gasteiger charge is 2.54. The SMILES string of the molecule is NCC(=O)Nc1ccc[n+](CC2=C(C(=O)O)N3C(=O)[C@H](NC(=O)CSc4cc(Cl)ccc4Cl)[C@H]3SC2)c1. The summed E-state index contributed by atoms with van der Waals surface area (Å²) >= 11 is 14.7. The number of nitrogens with zero attached hydrogens (tertiary/aromatic N) is 2. The van der Waals surface area contributed by atoms with E-state index < -0.39 is 23.3 Å². The molecule has 1 aromatic carbocycles. The Morgan fingerprint density at radius 2 is 2.03 bits per heavy atom. The van der Waals surface area contributed by atoms with Gasteiger partial charge in [-0.05, 0) is 24.3 Å². The van der Waals surface area contributed by atoms with Crippen LogP contribution in [0.15, 0.2) is 58.9 Å². The number of fused-ring (bicyclic) bond motifs is 1. The summed E-state index contributed by atoms with van der Waals surface area (Å²) in [5, 5.41) is 15.7. The van der Waals surface area contributed by atoms with Crippen LogP contribution in [-0.2, 0) is 25.7 Å². The lowest BCUT2D eigenvalue weighted by Crippen LogP contribution is -2.70. The molecule has 37 heavy (non-hydrogen) atoms. The summed E-state index contributed by atoms with van der Waals surface area (Å²) in [5.41, 5.74) is 6.28. The number of anilines is 1. The van der Waals surface area contributed by atoms with Crippen LogP contribution in [0, 0.1) is 0 Å². The summed E-state index contributed by atoms with van der Waals surface area (Å²) in [4.78, 5) is 51.0. The Morgan fingerprint density at radius 3 is 2.76 bits per heavy atom. The summed E-state index contributed by atoms with van der Waals surface area (Å²) in [5.74, 6) is -2.08. The number of rotatable bonds is 9. The van der Waals surface area contributed by atoms with Crippen molar-refractivity contribution in [2.45, 2.75) is 22.9 Å². The lowest BCUT2D eigenvalue weighted by atomic mass is 10.0. The first kappa shape index (κ1) is 27.3. The summed E-state index contributed by atoms with van der Waals surface area (Å²) in [6.07, 6.45) is 3.38. The van der Waals surface area contributed by atoms with E-state index in [4.69, 9.17) is 28.9 Å². The normalized spacial score (nSPS) is 18.7. The number of aromatic nitrogens is 1. The van der Waals surface area contributed by atoms with Gasteiger partial charge in [0.05, 0.1) is 17.3 Å². The van der Waals surface area contributed by atoms with Crippen molar-refractivity contribution in [1.82, 2.24) is 10.2 Å². The minimum absolute atomic E-state index is 0.0157. The van der Waals surface area contributed by atoms with E-state index in [2.05, 4.69) is 10.6 Å². The molecule has 1 saturated heterocycles. The van der Waals surface area contributed by atoms with Crippen LogP contribution in [0.5, 0.6) is 0 Å². The molecule has 0 saturated carbocycles. The van der Waals surface area contributed by atoms with Gasteiger partial charge < -0.3 is 21.5 Å². The van der Waals surface area contributed by atoms with E-state index in [1.807, 2.05) is 0 Å². The van der Waals surface area contributed by atoms with Crippen LogP contribution in [-0.4, -0.2) is 63.2 Å². The number of thioether (sulfide) groups is 2. The van der Waals surface area contributed by atoms with Crippen molar-refractivity contribution in [2.75, 3.05) is 23.4 Å². The number of carboxylic acids is 1. The van der Waals surface area contributed by atoms with Crippen molar-refractivity contribution in [3.05, 3.63) is 64.0 Å². The summed E-state index contributed by atoms with van der Waals surface area (Å²) in [7, 11) is 0. The molecule has 194 valence electrons. The standard InChI is InChI=1S/C23H21Cl2N5O5S2/c24-13-3-4-15(25)16(6-13)36-11-18(32)28-19-21(33)30-20(23(34)35)12(10-37-22(19)30)8-29-5-1-2-14(9-29)27-17(31)7-26/h1-6,9,19,22H,7-8,10-11,26H2,(H2-,27,28,31,32,34,35)/p+1/t19-,22+/m0/s1. The van der Waals surface area contributed by atoms with E-state index in [9.17, 15) is 24.3 Å². The molecule has 0 aliphatic carbocycles. The van der Waals surface area contributed by atoms with Gasteiger partial charge in [0.25, 0.3) is 5.91 Å². The number of hydrogen-bond acceptors (Lipinski definition) is 7. The molecule has 0 radical (unpaired) electrons. The molecule has 2 aliphatic heterocycles. The Bertz CT molecular complexity index is 1310. The Labute approximate surface area is 230 Å². The molecule has 3 amide bonds. The number of aliphatic carboxylic acids is 1. The fourth-order valence-electron chi connectivity index (χ4n) is 3.88. The minimum Gasteiger partial charge on any atom is -0.477 e. The van der Waals surface area contributed by atoms with Gasteiger partial charge >= 0.3 is 5.97 Å². The van der Waals surface area contributed by atoms with E-state index in [1.54, 1.807) is 47.3 Å². The molecule has 5 N–H and O–H groups in total. The zero-order valence-corrected chi connectivity index (χ0v) is 22.3. The van der Waals surface area contributed by atoms with Gasteiger partial charge in [0.1, 0.15) is 22.8 Å². The van der Waals surface area contributed by atoms with E-state index >= 15 is 0 Å². The van der Waals surface area contributed by atoms with E-state index in [1.165, 1.54) is 28.4 Å². The molecule has 10 nitrogen and oxygen atoms in total. The maximum absolute atomic E-state index is 12.9. The molecule has 2 aromatic rings. The van der Waals surface area contributed by atoms with E-state index in [0.717, 1.165) is 0 Å². The Morgan fingerprint density at radius 1 is 1.24 bits per heavy atom. The van der Waals surface area contributed by atoms with Gasteiger partial charge in [-0.15, -0.1) is 23.5 Å². The zero-order valence-electron chi connectivity index (χ0n) is 19.1. The van der Waals surface area contributed by atoms with Crippen molar-refractivity contribution in [3.63, 3.8) is 0 Å². The monoisotopic (exact) mass is 582 g/mol. The topological polar surface area (TPSA) is 146 Å². The molecule has 1 aromatic heterocycles. The predicted octanol–water partition coefficient (Wildman–Crippen LogP) is 1.71. The van der Waals surface area contributed by atoms with Crippen molar-refractivity contribution in [3.8, 4) is 0 Å². The van der Waals surface area contributed by atoms with Gasteiger partial charge in [0, 0.05) is 27.3 Å². The molecular formula is C23H22Cl2N5O5S2+. The third-order valence-corrected chi connectivity index (χ3v) is 8.59. The van der Waals surface area contributed by atoms with Gasteiger partial charge in [0.2, 0.25) is 11.8 Å². The molecule has 0 unspecified atom stereocenters. The second-order valence-electron chi connectivity index (χ2n) is 8.09. The highest BCUT2D eigenvalue weighted by Crippen LogP contribution is 2.40. The molecule has 2 aliphatic rings. The minimum atomic E-state index is -1.22. The lowest BCUT2D eigenvalue weighted by Gasteiger charge is -2.49. The highest BCUT2D eigenvalue weighted by molar-refractivity contribution is 8.00. The number of benzene rings is 1. The molecule has 1 fully saturated rings. The lowest BCUT2D eigenvalue weighted by molar-refractivity contribution is -0.688. The Balaban J connectivity index is 1.42. The first-order valence-corrected chi connectivity index (χ1v) is 13.7. The van der Waals surface area contributed by atoms with Crippen LogP contribution in [0.25, 0.3) is 0 Å². The van der Waals surface area contributed by atoms with Crippen molar-refractivity contribution >= 4 is 76.1 Å².